The fraction of sp³-hybridized carbons (Fsp3) is 0.174. The number of hydrogen-bond donors (Lipinski definition) is 1. The highest BCUT2D eigenvalue weighted by atomic mass is 19.1. The molecule has 1 N–H and O–H groups in total. The van der Waals surface area contributed by atoms with Gasteiger partial charge in [0.1, 0.15) is 27.3 Å². The van der Waals surface area contributed by atoms with Crippen molar-refractivity contribution in [3.8, 4) is 11.1 Å². The first-order valence-electron chi connectivity index (χ1n) is 10.1. The largest absolute Gasteiger partial charge is 0.405 e. The summed E-state index contributed by atoms with van der Waals surface area (Å²) in [6.07, 6.45) is 3.23. The molecule has 3 heterocycles. The molecule has 0 saturated heterocycles. The quantitative estimate of drug-likeness (QED) is 0.496. The summed E-state index contributed by atoms with van der Waals surface area (Å²) in [5, 5.41) is 12.7. The van der Waals surface area contributed by atoms with Crippen molar-refractivity contribution in [3.63, 3.8) is 0 Å². The van der Waals surface area contributed by atoms with E-state index in [1.54, 1.807) is 37.6 Å². The van der Waals surface area contributed by atoms with Gasteiger partial charge in [-0.1, -0.05) is 12.1 Å². The number of carbonyl (C=O) groups is 1. The zero-order chi connectivity index (χ0) is 23.5. The normalized spacial score (nSPS) is 13.7. The molecule has 2 aromatic carbocycles. The summed E-state index contributed by atoms with van der Waals surface area (Å²) < 4.78 is 31.7. The monoisotopic (exact) mass is 440 g/mol. The number of amides is 1. The van der Waals surface area contributed by atoms with Crippen LogP contribution in [0.4, 0.5) is 8.78 Å². The molecule has 1 amide bonds. The van der Waals surface area contributed by atoms with Gasteiger partial charge in [0.15, 0.2) is 0 Å². The van der Waals surface area contributed by atoms with Crippen LogP contribution in [0.1, 0.15) is 27.2 Å². The van der Waals surface area contributed by atoms with E-state index in [1.807, 2.05) is 0 Å². The Labute approximate surface area is 190 Å². The summed E-state index contributed by atoms with van der Waals surface area (Å²) in [6.45, 7) is -0.0315. The second-order valence-corrected chi connectivity index (χ2v) is 8.13. The van der Waals surface area contributed by atoms with Gasteiger partial charge in [-0.15, -0.1) is 0 Å². The molecule has 0 aliphatic carbocycles. The maximum Gasteiger partial charge on any atom is 0.256 e. The first-order valence-corrected chi connectivity index (χ1v) is 10.1. The lowest BCUT2D eigenvalue weighted by atomic mass is 9.61. The third kappa shape index (κ3) is 3.60. The first-order chi connectivity index (χ1) is 15.6. The Hall–Kier alpha value is -3.52. The van der Waals surface area contributed by atoms with Gasteiger partial charge in [-0.2, -0.15) is 5.10 Å². The summed E-state index contributed by atoms with van der Waals surface area (Å²) >= 11 is 0. The van der Waals surface area contributed by atoms with E-state index in [2.05, 4.69) is 10.1 Å². The number of hydrogen-bond acceptors (Lipinski definition) is 4. The van der Waals surface area contributed by atoms with Crippen LogP contribution in [0.3, 0.4) is 0 Å². The van der Waals surface area contributed by atoms with Gasteiger partial charge in [0.25, 0.3) is 5.91 Å². The third-order valence-electron chi connectivity index (χ3n) is 5.77. The number of nitrogens with zero attached hydrogens (tertiary/aromatic N) is 4. The van der Waals surface area contributed by atoms with E-state index in [1.165, 1.54) is 27.8 Å². The van der Waals surface area contributed by atoms with E-state index >= 15 is 8.78 Å². The van der Waals surface area contributed by atoms with Crippen LogP contribution in [-0.2, 0) is 25.5 Å². The van der Waals surface area contributed by atoms with Crippen molar-refractivity contribution < 1.29 is 18.7 Å². The number of halogens is 2. The highest BCUT2D eigenvalue weighted by Crippen LogP contribution is 2.35. The van der Waals surface area contributed by atoms with Crippen molar-refractivity contribution in [2.75, 3.05) is 0 Å². The number of aromatic nitrogens is 3. The molecular weight excluding hydrogens is 424 g/mol. The van der Waals surface area contributed by atoms with E-state index in [9.17, 15) is 9.90 Å². The van der Waals surface area contributed by atoms with Crippen LogP contribution >= 0.6 is 0 Å². The third-order valence-corrected chi connectivity index (χ3v) is 5.77. The maximum absolute atomic E-state index is 15.1. The summed E-state index contributed by atoms with van der Waals surface area (Å²) in [5.41, 5.74) is 2.07. The van der Waals surface area contributed by atoms with Crippen LogP contribution in [0.25, 0.3) is 22.0 Å². The molecule has 0 unspecified atom stereocenters. The van der Waals surface area contributed by atoms with E-state index in [0.717, 1.165) is 0 Å². The fourth-order valence-corrected chi connectivity index (χ4v) is 4.20. The Kier molecular flexibility index (Phi) is 4.86. The average molecular weight is 440 g/mol. The number of carbonyl (C=O) groups excluding carboxylic acids is 1. The van der Waals surface area contributed by atoms with E-state index in [4.69, 9.17) is 15.7 Å². The number of benzene rings is 2. The summed E-state index contributed by atoms with van der Waals surface area (Å²) in [4.78, 5) is 18.1. The van der Waals surface area contributed by atoms with Crippen molar-refractivity contribution in [3.05, 3.63) is 82.8 Å². The Bertz CT molecular complexity index is 1410. The number of pyridine rings is 1. The smallest absolute Gasteiger partial charge is 0.256 e. The van der Waals surface area contributed by atoms with Crippen LogP contribution in [0.5, 0.6) is 0 Å². The van der Waals surface area contributed by atoms with Crippen LogP contribution in [-0.4, -0.2) is 46.4 Å². The zero-order valence-corrected chi connectivity index (χ0v) is 17.6. The Morgan fingerprint density at radius 2 is 1.88 bits per heavy atom. The van der Waals surface area contributed by atoms with Gasteiger partial charge in [0.2, 0.25) is 0 Å². The molecular formula is C23H16B2F2N4O2. The van der Waals surface area contributed by atoms with Gasteiger partial charge in [-0.3, -0.25) is 14.5 Å². The van der Waals surface area contributed by atoms with E-state index in [0.29, 0.717) is 27.7 Å². The minimum Gasteiger partial charge on any atom is -0.405 e. The van der Waals surface area contributed by atoms with Crippen LogP contribution in [0, 0.1) is 11.6 Å². The molecule has 0 bridgehead atoms. The second kappa shape index (κ2) is 7.52. The molecule has 6 nitrogen and oxygen atoms in total. The molecule has 4 aromatic rings. The summed E-state index contributed by atoms with van der Waals surface area (Å²) in [6, 6.07) is 8.77. The highest BCUT2D eigenvalue weighted by Gasteiger charge is 2.30. The molecule has 1 aliphatic heterocycles. The molecule has 1 aliphatic rings. The minimum absolute atomic E-state index is 0.181. The Balaban J connectivity index is 1.53. The molecule has 0 saturated carbocycles. The highest BCUT2D eigenvalue weighted by molar-refractivity contribution is 6.39. The van der Waals surface area contributed by atoms with Crippen LogP contribution < -0.4 is 0 Å². The predicted octanol–water partition coefficient (Wildman–Crippen LogP) is 2.51. The van der Waals surface area contributed by atoms with Gasteiger partial charge < -0.3 is 10.0 Å². The van der Waals surface area contributed by atoms with Gasteiger partial charge in [-0.25, -0.2) is 8.78 Å². The SMILES string of the molecule is [B]C([B])(O)c1ccc(-c2cc(F)c(CN3Cc4ncccc4C3=O)c(F)c2)c2cn(C)nc12. The van der Waals surface area contributed by atoms with Gasteiger partial charge >= 0.3 is 0 Å². The lowest BCUT2D eigenvalue weighted by Crippen LogP contribution is -2.26. The van der Waals surface area contributed by atoms with Crippen molar-refractivity contribution >= 4 is 32.5 Å². The van der Waals surface area contributed by atoms with Crippen molar-refractivity contribution in [1.82, 2.24) is 19.7 Å². The topological polar surface area (TPSA) is 71.2 Å². The van der Waals surface area contributed by atoms with Gasteiger partial charge in [0.05, 0.1) is 29.9 Å². The molecule has 0 atom stereocenters. The predicted molar refractivity (Wildman–Crippen MR) is 119 cm³/mol. The minimum atomic E-state index is -2.12. The summed E-state index contributed by atoms with van der Waals surface area (Å²) in [7, 11) is 12.9. The van der Waals surface area contributed by atoms with E-state index < -0.39 is 17.0 Å². The second-order valence-electron chi connectivity index (χ2n) is 8.13. The fourth-order valence-electron chi connectivity index (χ4n) is 4.20. The van der Waals surface area contributed by atoms with E-state index in [-0.39, 0.29) is 35.7 Å². The first kappa shape index (κ1) is 21.3. The number of fused-ring (bicyclic) bond motifs is 2. The number of rotatable bonds is 4. The summed E-state index contributed by atoms with van der Waals surface area (Å²) in [5.74, 6) is -1.88. The van der Waals surface area contributed by atoms with Gasteiger partial charge in [-0.05, 0) is 41.0 Å². The molecule has 2 aromatic heterocycles. The Morgan fingerprint density at radius 3 is 2.55 bits per heavy atom. The molecule has 0 fully saturated rings. The lowest BCUT2D eigenvalue weighted by molar-refractivity contribution is 0.0763. The van der Waals surface area contributed by atoms with Crippen molar-refractivity contribution in [2.45, 2.75) is 18.5 Å². The number of aliphatic hydroxyl groups is 1. The lowest BCUT2D eigenvalue weighted by Gasteiger charge is -2.20. The molecule has 4 radical (unpaired) electrons. The molecule has 33 heavy (non-hydrogen) atoms. The molecule has 160 valence electrons. The Morgan fingerprint density at radius 1 is 1.15 bits per heavy atom. The van der Waals surface area contributed by atoms with Gasteiger partial charge in [0, 0.05) is 35.8 Å². The number of aryl methyl sites for hydroxylation is 1. The zero-order valence-electron chi connectivity index (χ0n) is 17.6. The molecule has 0 spiro atoms. The molecule has 5 rings (SSSR count). The average Bonchev–Trinajstić information content (AvgIpc) is 3.28. The van der Waals surface area contributed by atoms with Crippen LogP contribution in [0.15, 0.2) is 48.8 Å². The van der Waals surface area contributed by atoms with Crippen molar-refractivity contribution in [1.29, 1.82) is 0 Å². The van der Waals surface area contributed by atoms with Crippen LogP contribution in [0.2, 0.25) is 0 Å². The maximum atomic E-state index is 15.1. The standard InChI is InChI=1S/C23H16B2F2N4O2/c1-30-9-15-13(4-5-17(21(15)29-30)23(24,25)33)12-7-18(26)16(19(27)8-12)10-31-11-20-14(22(31)32)3-2-6-28-20/h2-9,33H,10-11H2,1H3. The molecule has 10 heteroatoms. The van der Waals surface area contributed by atoms with Crippen molar-refractivity contribution in [2.24, 2.45) is 7.05 Å².